The molecule has 31 heavy (non-hydrogen) atoms. The average molecular weight is 479 g/mol. The van der Waals surface area contributed by atoms with Crippen molar-refractivity contribution >= 4 is 39.0 Å². The fourth-order valence-corrected chi connectivity index (χ4v) is 3.20. The molecule has 0 atom stereocenters. The van der Waals surface area contributed by atoms with Crippen molar-refractivity contribution < 1.29 is 18.7 Å². The molecule has 1 aromatic heterocycles. The number of nitrogens with one attached hydrogen (secondary N) is 1. The smallest absolute Gasteiger partial charge is 0.307 e. The van der Waals surface area contributed by atoms with Gasteiger partial charge in [-0.3, -0.25) is 4.79 Å². The lowest BCUT2D eigenvalue weighted by atomic mass is 10.2. The minimum atomic E-state index is -0.422. The number of para-hydroxylation sites is 1. The third-order valence-corrected chi connectivity index (χ3v) is 5.05. The summed E-state index contributed by atoms with van der Waals surface area (Å²) in [7, 11) is 1.58. The second kappa shape index (κ2) is 9.49. The molecule has 0 fully saturated rings. The molecule has 0 unspecified atom stereocenters. The van der Waals surface area contributed by atoms with Crippen molar-refractivity contribution in [2.24, 2.45) is 5.10 Å². The number of amides is 1. The number of carbonyl (C=O) groups excluding carboxylic acids is 1. The Morgan fingerprint density at radius 2 is 1.87 bits per heavy atom. The van der Waals surface area contributed by atoms with Crippen LogP contribution in [0.3, 0.4) is 0 Å². The molecule has 0 saturated heterocycles. The number of carbonyl (C=O) groups is 1. The maximum Gasteiger partial charge on any atom is 0.307 e. The molecule has 0 aliphatic rings. The molecule has 6 nitrogen and oxygen atoms in total. The maximum atomic E-state index is 12.3. The van der Waals surface area contributed by atoms with Crippen molar-refractivity contribution in [1.29, 1.82) is 0 Å². The van der Waals surface area contributed by atoms with Gasteiger partial charge >= 0.3 is 5.91 Å². The third-order valence-electron chi connectivity index (χ3n) is 4.52. The number of ether oxygens (including phenoxy) is 2. The van der Waals surface area contributed by atoms with E-state index in [1.165, 1.54) is 6.21 Å². The van der Waals surface area contributed by atoms with Gasteiger partial charge in [0.1, 0.15) is 12.2 Å². The third kappa shape index (κ3) is 5.13. The molecule has 0 bridgehead atoms. The molecule has 0 aliphatic heterocycles. The molecule has 1 heterocycles. The van der Waals surface area contributed by atoms with E-state index in [0.29, 0.717) is 23.7 Å². The molecule has 0 aliphatic carbocycles. The molecule has 156 valence electrons. The number of hydrogen-bond donors (Lipinski definition) is 1. The highest BCUT2D eigenvalue weighted by atomic mass is 79.9. The lowest BCUT2D eigenvalue weighted by Crippen LogP contribution is -2.16. The zero-order valence-corrected chi connectivity index (χ0v) is 18.3. The molecular weight excluding hydrogens is 460 g/mol. The van der Waals surface area contributed by atoms with Crippen LogP contribution in [-0.4, -0.2) is 19.2 Å². The van der Waals surface area contributed by atoms with E-state index >= 15 is 0 Å². The Balaban J connectivity index is 1.39. The molecule has 0 saturated carbocycles. The fraction of sp³-hybridized carbons (Fsp3) is 0.0833. The minimum Gasteiger partial charge on any atom is -0.493 e. The number of benzene rings is 3. The number of hydrogen-bond acceptors (Lipinski definition) is 5. The van der Waals surface area contributed by atoms with Gasteiger partial charge in [-0.05, 0) is 53.6 Å². The summed E-state index contributed by atoms with van der Waals surface area (Å²) >= 11 is 3.42. The van der Waals surface area contributed by atoms with Gasteiger partial charge in [0.15, 0.2) is 17.3 Å². The summed E-state index contributed by atoms with van der Waals surface area (Å²) in [5, 5.41) is 4.87. The van der Waals surface area contributed by atoms with Crippen LogP contribution < -0.4 is 14.9 Å². The van der Waals surface area contributed by atoms with E-state index in [0.717, 1.165) is 21.0 Å². The Kier molecular flexibility index (Phi) is 6.33. The van der Waals surface area contributed by atoms with Gasteiger partial charge in [-0.15, -0.1) is 0 Å². The lowest BCUT2D eigenvalue weighted by Gasteiger charge is -2.11. The van der Waals surface area contributed by atoms with Gasteiger partial charge in [0.05, 0.1) is 13.3 Å². The van der Waals surface area contributed by atoms with Gasteiger partial charge in [0.25, 0.3) is 0 Å². The van der Waals surface area contributed by atoms with Crippen LogP contribution >= 0.6 is 15.9 Å². The van der Waals surface area contributed by atoms with Crippen LogP contribution in [0.5, 0.6) is 11.5 Å². The molecule has 0 radical (unpaired) electrons. The summed E-state index contributed by atoms with van der Waals surface area (Å²) in [6.45, 7) is 0.421. The van der Waals surface area contributed by atoms with Crippen molar-refractivity contribution in [1.82, 2.24) is 5.43 Å². The number of rotatable bonds is 7. The van der Waals surface area contributed by atoms with E-state index in [-0.39, 0.29) is 5.76 Å². The Labute approximate surface area is 187 Å². The van der Waals surface area contributed by atoms with Crippen molar-refractivity contribution in [2.45, 2.75) is 6.61 Å². The molecule has 1 amide bonds. The van der Waals surface area contributed by atoms with E-state index in [4.69, 9.17) is 13.9 Å². The number of furan rings is 1. The lowest BCUT2D eigenvalue weighted by molar-refractivity contribution is 0.0929. The van der Waals surface area contributed by atoms with Crippen molar-refractivity contribution in [2.75, 3.05) is 7.11 Å². The fourth-order valence-electron chi connectivity index (χ4n) is 2.94. The molecule has 1 N–H and O–H groups in total. The van der Waals surface area contributed by atoms with Gasteiger partial charge in [-0.2, -0.15) is 5.10 Å². The van der Waals surface area contributed by atoms with Crippen LogP contribution in [0.15, 0.2) is 86.8 Å². The van der Waals surface area contributed by atoms with Crippen LogP contribution in [0.2, 0.25) is 0 Å². The van der Waals surface area contributed by atoms with Gasteiger partial charge in [0.2, 0.25) is 0 Å². The number of fused-ring (bicyclic) bond motifs is 1. The van der Waals surface area contributed by atoms with Gasteiger partial charge in [-0.1, -0.05) is 46.3 Å². The summed E-state index contributed by atoms with van der Waals surface area (Å²) in [6, 6.07) is 22.4. The zero-order chi connectivity index (χ0) is 21.6. The molecule has 4 rings (SSSR count). The SMILES string of the molecule is COc1cc(/C=N/NC(=O)c2cc3ccccc3o2)ccc1OCc1ccc(Br)cc1. The molecular formula is C24H19BrN2O4. The van der Waals surface area contributed by atoms with Crippen molar-refractivity contribution in [3.8, 4) is 11.5 Å². The maximum absolute atomic E-state index is 12.3. The van der Waals surface area contributed by atoms with Crippen LogP contribution in [0.25, 0.3) is 11.0 Å². The first-order valence-electron chi connectivity index (χ1n) is 9.49. The molecule has 7 heteroatoms. The Hall–Kier alpha value is -3.58. The Morgan fingerprint density at radius 1 is 1.06 bits per heavy atom. The van der Waals surface area contributed by atoms with Crippen LogP contribution in [0, 0.1) is 0 Å². The second-order valence-electron chi connectivity index (χ2n) is 6.67. The highest BCUT2D eigenvalue weighted by molar-refractivity contribution is 9.10. The van der Waals surface area contributed by atoms with Gasteiger partial charge in [-0.25, -0.2) is 5.43 Å². The predicted molar refractivity (Wildman–Crippen MR) is 123 cm³/mol. The summed E-state index contributed by atoms with van der Waals surface area (Å²) in [6.07, 6.45) is 1.53. The second-order valence-corrected chi connectivity index (χ2v) is 7.59. The van der Waals surface area contributed by atoms with Crippen LogP contribution in [0.1, 0.15) is 21.7 Å². The number of hydrazone groups is 1. The minimum absolute atomic E-state index is 0.202. The van der Waals surface area contributed by atoms with E-state index in [2.05, 4.69) is 26.5 Å². The van der Waals surface area contributed by atoms with E-state index in [9.17, 15) is 4.79 Å². The normalized spacial score (nSPS) is 11.0. The quantitative estimate of drug-likeness (QED) is 0.279. The number of methoxy groups -OCH3 is 1. The number of nitrogens with zero attached hydrogens (tertiary/aromatic N) is 1. The predicted octanol–water partition coefficient (Wildman–Crippen LogP) is 5.55. The molecule has 0 spiro atoms. The van der Waals surface area contributed by atoms with Crippen LogP contribution in [-0.2, 0) is 6.61 Å². The standard InChI is InChI=1S/C24H19BrN2O4/c1-29-22-12-17(8-11-21(22)30-15-16-6-9-19(25)10-7-16)14-26-27-24(28)23-13-18-4-2-3-5-20(18)31-23/h2-14H,15H2,1H3,(H,27,28)/b26-14+. The summed E-state index contributed by atoms with van der Waals surface area (Å²) in [5.41, 5.74) is 4.92. The Bertz CT molecular complexity index is 1200. The molecule has 4 aromatic rings. The van der Waals surface area contributed by atoms with E-state index < -0.39 is 5.91 Å². The average Bonchev–Trinajstić information content (AvgIpc) is 3.23. The van der Waals surface area contributed by atoms with Gasteiger partial charge < -0.3 is 13.9 Å². The first-order valence-corrected chi connectivity index (χ1v) is 10.3. The van der Waals surface area contributed by atoms with E-state index in [1.54, 1.807) is 25.3 Å². The largest absolute Gasteiger partial charge is 0.493 e. The van der Waals surface area contributed by atoms with E-state index in [1.807, 2.05) is 54.6 Å². The van der Waals surface area contributed by atoms with Crippen molar-refractivity contribution in [3.63, 3.8) is 0 Å². The first kappa shape index (κ1) is 20.7. The number of halogens is 1. The molecule has 3 aromatic carbocycles. The van der Waals surface area contributed by atoms with Crippen molar-refractivity contribution in [3.05, 3.63) is 94.2 Å². The van der Waals surface area contributed by atoms with Crippen LogP contribution in [0.4, 0.5) is 0 Å². The zero-order valence-electron chi connectivity index (χ0n) is 16.7. The van der Waals surface area contributed by atoms with Gasteiger partial charge in [0, 0.05) is 9.86 Å². The highest BCUT2D eigenvalue weighted by Gasteiger charge is 2.11. The highest BCUT2D eigenvalue weighted by Crippen LogP contribution is 2.28. The first-order chi connectivity index (χ1) is 15.1. The monoisotopic (exact) mass is 478 g/mol. The topological polar surface area (TPSA) is 73.1 Å². The summed E-state index contributed by atoms with van der Waals surface area (Å²) in [4.78, 5) is 12.3. The summed E-state index contributed by atoms with van der Waals surface area (Å²) < 4.78 is 17.8. The summed E-state index contributed by atoms with van der Waals surface area (Å²) in [5.74, 6) is 0.972. The Morgan fingerprint density at radius 3 is 2.65 bits per heavy atom.